The van der Waals surface area contributed by atoms with Crippen LogP contribution in [0.2, 0.25) is 0 Å². The maximum atomic E-state index is 13.9. The predicted octanol–water partition coefficient (Wildman–Crippen LogP) is 3.43. The van der Waals surface area contributed by atoms with Gasteiger partial charge in [0.25, 0.3) is 0 Å². The smallest absolute Gasteiger partial charge is 0.182 e. The molecule has 0 amide bonds. The van der Waals surface area contributed by atoms with Crippen LogP contribution in [0.5, 0.6) is 0 Å². The van der Waals surface area contributed by atoms with E-state index in [1.165, 1.54) is 17.1 Å². The molecule has 0 bridgehead atoms. The Bertz CT molecular complexity index is 983. The summed E-state index contributed by atoms with van der Waals surface area (Å²) in [5.74, 6) is 0.273. The molecule has 0 saturated carbocycles. The molecule has 1 aromatic carbocycles. The summed E-state index contributed by atoms with van der Waals surface area (Å²) in [5, 5.41) is 8.19. The van der Waals surface area contributed by atoms with Crippen molar-refractivity contribution in [2.75, 3.05) is 0 Å². The lowest BCUT2D eigenvalue weighted by Gasteiger charge is -2.04. The number of halogens is 2. The van der Waals surface area contributed by atoms with Gasteiger partial charge in [-0.2, -0.15) is 0 Å². The summed E-state index contributed by atoms with van der Waals surface area (Å²) in [6.45, 7) is 0.219. The van der Waals surface area contributed by atoms with Crippen molar-refractivity contribution in [1.29, 1.82) is 0 Å². The molecule has 0 fully saturated rings. The van der Waals surface area contributed by atoms with Gasteiger partial charge in [-0.3, -0.25) is 0 Å². The Morgan fingerprint density at radius 2 is 2.13 bits per heavy atom. The Kier molecular flexibility index (Phi) is 3.38. The molecular formula is C15H9BrFN5O. The summed E-state index contributed by atoms with van der Waals surface area (Å²) in [4.78, 5) is 8.41. The Labute approximate surface area is 138 Å². The first-order valence-electron chi connectivity index (χ1n) is 6.74. The van der Waals surface area contributed by atoms with Gasteiger partial charge < -0.3 is 4.42 Å². The van der Waals surface area contributed by atoms with Gasteiger partial charge in [0.1, 0.15) is 17.8 Å². The third-order valence-corrected chi connectivity index (χ3v) is 3.88. The molecule has 23 heavy (non-hydrogen) atoms. The van der Waals surface area contributed by atoms with E-state index in [1.54, 1.807) is 30.5 Å². The van der Waals surface area contributed by atoms with Crippen LogP contribution in [0.15, 0.2) is 51.8 Å². The fourth-order valence-corrected chi connectivity index (χ4v) is 2.73. The van der Waals surface area contributed by atoms with Gasteiger partial charge in [0.15, 0.2) is 16.9 Å². The van der Waals surface area contributed by atoms with E-state index in [1.807, 2.05) is 0 Å². The van der Waals surface area contributed by atoms with Crippen LogP contribution in [0.25, 0.3) is 22.6 Å². The second-order valence-corrected chi connectivity index (χ2v) is 5.77. The second-order valence-electron chi connectivity index (χ2n) is 4.85. The van der Waals surface area contributed by atoms with Crippen LogP contribution in [0.3, 0.4) is 0 Å². The number of rotatable bonds is 3. The summed E-state index contributed by atoms with van der Waals surface area (Å²) in [7, 11) is 0. The van der Waals surface area contributed by atoms with Crippen molar-refractivity contribution >= 4 is 27.1 Å². The summed E-state index contributed by atoms with van der Waals surface area (Å²) in [6.07, 6.45) is 2.97. The minimum atomic E-state index is -0.308. The summed E-state index contributed by atoms with van der Waals surface area (Å²) < 4.78 is 21.6. The highest BCUT2D eigenvalue weighted by molar-refractivity contribution is 9.10. The lowest BCUT2D eigenvalue weighted by Crippen LogP contribution is -2.05. The number of benzene rings is 1. The zero-order valence-corrected chi connectivity index (χ0v) is 13.2. The second kappa shape index (κ2) is 5.54. The standard InChI is InChI=1S/C15H9BrFN5O/c16-10-3-4-11(17)9(6-10)7-22-15-14(20-21-22)13(18-8-19-15)12-2-1-5-23-12/h1-6,8H,7H2. The van der Waals surface area contributed by atoms with Crippen molar-refractivity contribution in [3.05, 3.63) is 58.8 Å². The van der Waals surface area contributed by atoms with Crippen molar-refractivity contribution in [2.45, 2.75) is 6.54 Å². The molecule has 3 heterocycles. The molecule has 0 radical (unpaired) electrons. The Morgan fingerprint density at radius 1 is 1.22 bits per heavy atom. The summed E-state index contributed by atoms with van der Waals surface area (Å²) in [6, 6.07) is 8.31. The van der Waals surface area contributed by atoms with Gasteiger partial charge in [-0.25, -0.2) is 19.0 Å². The first-order chi connectivity index (χ1) is 11.2. The van der Waals surface area contributed by atoms with Gasteiger partial charge in [0.2, 0.25) is 0 Å². The highest BCUT2D eigenvalue weighted by Gasteiger charge is 2.16. The van der Waals surface area contributed by atoms with E-state index in [2.05, 4.69) is 36.2 Å². The molecule has 3 aromatic heterocycles. The van der Waals surface area contributed by atoms with Crippen LogP contribution in [0.4, 0.5) is 4.39 Å². The normalized spacial score (nSPS) is 11.2. The first-order valence-corrected chi connectivity index (χ1v) is 7.53. The highest BCUT2D eigenvalue weighted by Crippen LogP contribution is 2.24. The Balaban J connectivity index is 1.80. The van der Waals surface area contributed by atoms with E-state index in [9.17, 15) is 4.39 Å². The largest absolute Gasteiger partial charge is 0.463 e. The molecule has 0 aliphatic carbocycles. The number of fused-ring (bicyclic) bond motifs is 1. The Hall–Kier alpha value is -2.61. The average Bonchev–Trinajstić information content (AvgIpc) is 3.21. The molecule has 0 aliphatic heterocycles. The van der Waals surface area contributed by atoms with Gasteiger partial charge in [-0.05, 0) is 30.3 Å². The molecule has 0 N–H and O–H groups in total. The van der Waals surface area contributed by atoms with Crippen molar-refractivity contribution in [3.63, 3.8) is 0 Å². The first kappa shape index (κ1) is 14.0. The van der Waals surface area contributed by atoms with Crippen molar-refractivity contribution < 1.29 is 8.81 Å². The fourth-order valence-electron chi connectivity index (χ4n) is 2.32. The molecule has 6 nitrogen and oxygen atoms in total. The number of aromatic nitrogens is 5. The molecule has 0 aliphatic rings. The zero-order valence-electron chi connectivity index (χ0n) is 11.6. The predicted molar refractivity (Wildman–Crippen MR) is 84.0 cm³/mol. The average molecular weight is 374 g/mol. The Morgan fingerprint density at radius 3 is 2.96 bits per heavy atom. The van der Waals surface area contributed by atoms with E-state index in [-0.39, 0.29) is 12.4 Å². The van der Waals surface area contributed by atoms with Gasteiger partial charge in [-0.15, -0.1) is 5.10 Å². The maximum Gasteiger partial charge on any atom is 0.182 e. The van der Waals surface area contributed by atoms with E-state index >= 15 is 0 Å². The number of nitrogens with zero attached hydrogens (tertiary/aromatic N) is 5. The van der Waals surface area contributed by atoms with Crippen LogP contribution in [-0.2, 0) is 6.54 Å². The molecule has 4 aromatic rings. The number of furan rings is 1. The third kappa shape index (κ3) is 2.50. The van der Waals surface area contributed by atoms with Crippen molar-refractivity contribution in [1.82, 2.24) is 25.0 Å². The van der Waals surface area contributed by atoms with E-state index < -0.39 is 0 Å². The number of hydrogen-bond acceptors (Lipinski definition) is 5. The number of hydrogen-bond donors (Lipinski definition) is 0. The van der Waals surface area contributed by atoms with Gasteiger partial charge in [0.05, 0.1) is 12.8 Å². The van der Waals surface area contributed by atoms with Crippen LogP contribution in [0.1, 0.15) is 5.56 Å². The molecule has 114 valence electrons. The molecule has 0 saturated heterocycles. The molecule has 0 spiro atoms. The highest BCUT2D eigenvalue weighted by atomic mass is 79.9. The summed E-state index contributed by atoms with van der Waals surface area (Å²) in [5.41, 5.74) is 2.08. The molecule has 0 atom stereocenters. The third-order valence-electron chi connectivity index (χ3n) is 3.38. The van der Waals surface area contributed by atoms with E-state index in [0.717, 1.165) is 4.47 Å². The minimum absolute atomic E-state index is 0.219. The minimum Gasteiger partial charge on any atom is -0.463 e. The van der Waals surface area contributed by atoms with Crippen molar-refractivity contribution in [3.8, 4) is 11.5 Å². The molecule has 0 unspecified atom stereocenters. The van der Waals surface area contributed by atoms with Crippen LogP contribution in [-0.4, -0.2) is 25.0 Å². The fraction of sp³-hybridized carbons (Fsp3) is 0.0667. The molecule has 4 rings (SSSR count). The topological polar surface area (TPSA) is 69.6 Å². The molecule has 8 heteroatoms. The van der Waals surface area contributed by atoms with Crippen LogP contribution in [0, 0.1) is 5.82 Å². The maximum absolute atomic E-state index is 13.9. The summed E-state index contributed by atoms with van der Waals surface area (Å²) >= 11 is 3.34. The van der Waals surface area contributed by atoms with Gasteiger partial charge in [-0.1, -0.05) is 21.1 Å². The lowest BCUT2D eigenvalue weighted by atomic mass is 10.2. The monoisotopic (exact) mass is 373 g/mol. The lowest BCUT2D eigenvalue weighted by molar-refractivity contribution is 0.580. The molecular weight excluding hydrogens is 365 g/mol. The quantitative estimate of drug-likeness (QED) is 0.550. The van der Waals surface area contributed by atoms with Gasteiger partial charge in [0, 0.05) is 10.0 Å². The van der Waals surface area contributed by atoms with Crippen LogP contribution >= 0.6 is 15.9 Å². The SMILES string of the molecule is Fc1ccc(Br)cc1Cn1nnc2c(-c3ccco3)ncnc21. The van der Waals surface area contributed by atoms with E-state index in [0.29, 0.717) is 28.2 Å². The van der Waals surface area contributed by atoms with Crippen LogP contribution < -0.4 is 0 Å². The van der Waals surface area contributed by atoms with Gasteiger partial charge >= 0.3 is 0 Å². The van der Waals surface area contributed by atoms with Crippen molar-refractivity contribution in [2.24, 2.45) is 0 Å². The zero-order chi connectivity index (χ0) is 15.8. The van der Waals surface area contributed by atoms with E-state index in [4.69, 9.17) is 4.42 Å².